The summed E-state index contributed by atoms with van der Waals surface area (Å²) in [5.41, 5.74) is 1.63. The van der Waals surface area contributed by atoms with E-state index in [1.54, 1.807) is 5.38 Å². The van der Waals surface area contributed by atoms with Crippen LogP contribution in [0.4, 0.5) is 5.13 Å². The molecule has 1 atom stereocenters. The molecular weight excluding hydrogens is 424 g/mol. The Morgan fingerprint density at radius 3 is 2.70 bits per heavy atom. The van der Waals surface area contributed by atoms with E-state index in [4.69, 9.17) is 16.3 Å². The summed E-state index contributed by atoms with van der Waals surface area (Å²) in [5, 5.41) is 8.77. The molecule has 1 aromatic carbocycles. The van der Waals surface area contributed by atoms with Crippen LogP contribution in [0, 0.1) is 5.92 Å². The highest BCUT2D eigenvalue weighted by molar-refractivity contribution is 7.13. The van der Waals surface area contributed by atoms with Gasteiger partial charge in [0.1, 0.15) is 0 Å². The Bertz CT molecular complexity index is 867. The number of ether oxygens (including phenoxy) is 1. The average Bonchev–Trinajstić information content (AvgIpc) is 3.16. The summed E-state index contributed by atoms with van der Waals surface area (Å²) < 4.78 is 5.47. The Morgan fingerprint density at radius 2 is 2.00 bits per heavy atom. The Morgan fingerprint density at radius 1 is 1.27 bits per heavy atom. The number of hydrogen-bond acceptors (Lipinski definition) is 6. The van der Waals surface area contributed by atoms with Crippen LogP contribution in [0.3, 0.4) is 0 Å². The number of benzene rings is 1. The minimum absolute atomic E-state index is 0.0251. The maximum atomic E-state index is 12.5. The molecule has 1 saturated heterocycles. The van der Waals surface area contributed by atoms with Gasteiger partial charge in [-0.1, -0.05) is 43.6 Å². The summed E-state index contributed by atoms with van der Waals surface area (Å²) >= 11 is 7.76. The van der Waals surface area contributed by atoms with Crippen molar-refractivity contribution in [2.45, 2.75) is 26.3 Å². The summed E-state index contributed by atoms with van der Waals surface area (Å²) in [6.45, 7) is 7.00. The van der Waals surface area contributed by atoms with Gasteiger partial charge in [-0.25, -0.2) is 4.98 Å². The van der Waals surface area contributed by atoms with Crippen molar-refractivity contribution in [1.29, 1.82) is 0 Å². The Hall–Kier alpha value is -2.00. The lowest BCUT2D eigenvalue weighted by Gasteiger charge is -2.35. The molecule has 1 unspecified atom stereocenters. The van der Waals surface area contributed by atoms with Crippen molar-refractivity contribution in [3.63, 3.8) is 0 Å². The minimum Gasteiger partial charge on any atom is -0.379 e. The van der Waals surface area contributed by atoms with E-state index in [0.717, 1.165) is 18.7 Å². The monoisotopic (exact) mass is 450 g/mol. The summed E-state index contributed by atoms with van der Waals surface area (Å²) in [6, 6.07) is 7.70. The van der Waals surface area contributed by atoms with E-state index in [-0.39, 0.29) is 30.2 Å². The van der Waals surface area contributed by atoms with Crippen molar-refractivity contribution in [2.24, 2.45) is 5.92 Å². The molecule has 9 heteroatoms. The fourth-order valence-corrected chi connectivity index (χ4v) is 4.18. The molecule has 0 aliphatic carbocycles. The van der Waals surface area contributed by atoms with E-state index >= 15 is 0 Å². The van der Waals surface area contributed by atoms with Crippen molar-refractivity contribution in [2.75, 3.05) is 38.2 Å². The van der Waals surface area contributed by atoms with Crippen LogP contribution >= 0.6 is 22.9 Å². The van der Waals surface area contributed by atoms with E-state index in [0.29, 0.717) is 35.6 Å². The van der Waals surface area contributed by atoms with Crippen molar-refractivity contribution in [1.82, 2.24) is 15.2 Å². The van der Waals surface area contributed by atoms with Crippen LogP contribution in [0.25, 0.3) is 0 Å². The average molecular weight is 451 g/mol. The van der Waals surface area contributed by atoms with Crippen LogP contribution in [0.1, 0.15) is 31.1 Å². The van der Waals surface area contributed by atoms with Crippen molar-refractivity contribution in [3.05, 3.63) is 45.9 Å². The van der Waals surface area contributed by atoms with Gasteiger partial charge in [0.2, 0.25) is 11.8 Å². The highest BCUT2D eigenvalue weighted by Gasteiger charge is 2.25. The molecule has 0 saturated carbocycles. The minimum atomic E-state index is -0.123. The third-order valence-electron chi connectivity index (χ3n) is 4.89. The number of amides is 2. The number of aromatic nitrogens is 1. The third-order valence-corrected chi connectivity index (χ3v) is 6.04. The Balaban J connectivity index is 1.60. The number of nitrogens with one attached hydrogen (secondary N) is 2. The molecule has 2 heterocycles. The lowest BCUT2D eigenvalue weighted by Crippen LogP contribution is -2.44. The lowest BCUT2D eigenvalue weighted by molar-refractivity contribution is -0.121. The molecule has 1 aromatic heterocycles. The van der Waals surface area contributed by atoms with Gasteiger partial charge in [-0.3, -0.25) is 14.5 Å². The van der Waals surface area contributed by atoms with E-state index < -0.39 is 0 Å². The van der Waals surface area contributed by atoms with Gasteiger partial charge < -0.3 is 15.4 Å². The maximum absolute atomic E-state index is 12.5. The van der Waals surface area contributed by atoms with Crippen molar-refractivity contribution >= 4 is 39.9 Å². The second-order valence-electron chi connectivity index (χ2n) is 7.45. The zero-order chi connectivity index (χ0) is 21.5. The second kappa shape index (κ2) is 10.9. The number of thiazole rings is 1. The normalized spacial score (nSPS) is 15.7. The Kier molecular flexibility index (Phi) is 8.21. The highest BCUT2D eigenvalue weighted by Crippen LogP contribution is 2.27. The van der Waals surface area contributed by atoms with Crippen LogP contribution in [-0.4, -0.2) is 54.5 Å². The second-order valence-corrected chi connectivity index (χ2v) is 8.72. The number of nitrogens with zero attached hydrogens (tertiary/aromatic N) is 2. The molecule has 1 aliphatic rings. The molecule has 0 radical (unpaired) electrons. The van der Waals surface area contributed by atoms with Crippen LogP contribution in [-0.2, 0) is 20.7 Å². The third kappa shape index (κ3) is 6.25. The number of morpholine rings is 1. The standard InChI is InChI=1S/C21H27ClN4O3S/c1-14(2)20(28)25-21-24-15(13-30-21)11-19(27)23-12-18(26-7-9-29-10-8-26)16-5-3-4-6-17(16)22/h3-6,13-14,18H,7-12H2,1-2H3,(H,23,27)(H,24,25,28). The van der Waals surface area contributed by atoms with E-state index in [1.165, 1.54) is 11.3 Å². The van der Waals surface area contributed by atoms with E-state index in [1.807, 2.05) is 38.1 Å². The van der Waals surface area contributed by atoms with Gasteiger partial charge in [0, 0.05) is 36.0 Å². The van der Waals surface area contributed by atoms with Gasteiger partial charge in [0.25, 0.3) is 0 Å². The number of carbonyl (C=O) groups is 2. The van der Waals surface area contributed by atoms with E-state index in [2.05, 4.69) is 20.5 Å². The van der Waals surface area contributed by atoms with Crippen LogP contribution < -0.4 is 10.6 Å². The fraction of sp³-hybridized carbons (Fsp3) is 0.476. The number of rotatable bonds is 8. The largest absolute Gasteiger partial charge is 0.379 e. The molecule has 7 nitrogen and oxygen atoms in total. The smallest absolute Gasteiger partial charge is 0.228 e. The molecular formula is C21H27ClN4O3S. The maximum Gasteiger partial charge on any atom is 0.228 e. The number of anilines is 1. The van der Waals surface area contributed by atoms with Gasteiger partial charge >= 0.3 is 0 Å². The molecule has 1 fully saturated rings. The molecule has 1 aliphatic heterocycles. The zero-order valence-electron chi connectivity index (χ0n) is 17.2. The predicted molar refractivity (Wildman–Crippen MR) is 119 cm³/mol. The van der Waals surface area contributed by atoms with Gasteiger partial charge in [-0.2, -0.15) is 0 Å². The first-order chi connectivity index (χ1) is 14.4. The molecule has 0 spiro atoms. The molecule has 30 heavy (non-hydrogen) atoms. The number of carbonyl (C=O) groups excluding carboxylic acids is 2. The Labute approximate surface area is 185 Å². The van der Waals surface area contributed by atoms with Gasteiger partial charge in [0.15, 0.2) is 5.13 Å². The quantitative estimate of drug-likeness (QED) is 0.645. The molecule has 2 N–H and O–H groups in total. The molecule has 162 valence electrons. The van der Waals surface area contributed by atoms with Gasteiger partial charge in [-0.15, -0.1) is 11.3 Å². The van der Waals surface area contributed by atoms with Crippen LogP contribution in [0.2, 0.25) is 5.02 Å². The molecule has 2 amide bonds. The first kappa shape index (κ1) is 22.7. The first-order valence-corrected chi connectivity index (χ1v) is 11.3. The first-order valence-electron chi connectivity index (χ1n) is 10.0. The summed E-state index contributed by atoms with van der Waals surface area (Å²) in [5.74, 6) is -0.330. The van der Waals surface area contributed by atoms with Gasteiger partial charge in [-0.05, 0) is 11.6 Å². The SMILES string of the molecule is CC(C)C(=O)Nc1nc(CC(=O)NCC(c2ccccc2Cl)N2CCOCC2)cs1. The van der Waals surface area contributed by atoms with Crippen LogP contribution in [0.5, 0.6) is 0 Å². The summed E-state index contributed by atoms with van der Waals surface area (Å²) in [4.78, 5) is 31.0. The zero-order valence-corrected chi connectivity index (χ0v) is 18.8. The predicted octanol–water partition coefficient (Wildman–Crippen LogP) is 3.12. The number of hydrogen-bond donors (Lipinski definition) is 2. The highest BCUT2D eigenvalue weighted by atomic mass is 35.5. The van der Waals surface area contributed by atoms with Crippen molar-refractivity contribution < 1.29 is 14.3 Å². The van der Waals surface area contributed by atoms with Crippen LogP contribution in [0.15, 0.2) is 29.6 Å². The van der Waals surface area contributed by atoms with Gasteiger partial charge in [0.05, 0.1) is 31.4 Å². The molecule has 0 bridgehead atoms. The molecule has 3 rings (SSSR count). The van der Waals surface area contributed by atoms with Crippen molar-refractivity contribution in [3.8, 4) is 0 Å². The summed E-state index contributed by atoms with van der Waals surface area (Å²) in [7, 11) is 0. The summed E-state index contributed by atoms with van der Waals surface area (Å²) in [6.07, 6.45) is 0.159. The topological polar surface area (TPSA) is 83.6 Å². The lowest BCUT2D eigenvalue weighted by atomic mass is 10.0. The van der Waals surface area contributed by atoms with E-state index in [9.17, 15) is 9.59 Å². The molecule has 2 aromatic rings. The fourth-order valence-electron chi connectivity index (χ4n) is 3.20. The number of halogens is 1.